The van der Waals surface area contributed by atoms with Crippen LogP contribution in [0.3, 0.4) is 0 Å². The fourth-order valence-electron chi connectivity index (χ4n) is 4.84. The lowest BCUT2D eigenvalue weighted by Gasteiger charge is -2.28. The molecule has 1 saturated heterocycles. The third kappa shape index (κ3) is 3.26. The van der Waals surface area contributed by atoms with Crippen LogP contribution in [0.5, 0.6) is 0 Å². The van der Waals surface area contributed by atoms with E-state index in [2.05, 4.69) is 24.0 Å². The Morgan fingerprint density at radius 1 is 1.22 bits per heavy atom. The van der Waals surface area contributed by atoms with E-state index >= 15 is 0 Å². The van der Waals surface area contributed by atoms with Gasteiger partial charge < -0.3 is 14.4 Å². The Bertz CT molecular complexity index is 1330. The summed E-state index contributed by atoms with van der Waals surface area (Å²) in [6.45, 7) is 4.41. The van der Waals surface area contributed by atoms with Crippen LogP contribution in [-0.4, -0.2) is 38.6 Å². The highest BCUT2D eigenvalue weighted by molar-refractivity contribution is 5.99. The zero-order valence-corrected chi connectivity index (χ0v) is 17.7. The number of aliphatic carboxylic acids is 1. The summed E-state index contributed by atoms with van der Waals surface area (Å²) in [7, 11) is 0. The molecule has 0 saturated carbocycles. The van der Waals surface area contributed by atoms with Crippen LogP contribution in [0.25, 0.3) is 27.5 Å². The molecule has 8 heteroatoms. The van der Waals surface area contributed by atoms with E-state index in [9.17, 15) is 18.7 Å². The second-order valence-corrected chi connectivity index (χ2v) is 8.65. The second-order valence-electron chi connectivity index (χ2n) is 8.65. The maximum Gasteiger partial charge on any atom is 0.332 e. The predicted molar refractivity (Wildman–Crippen MR) is 116 cm³/mol. The smallest absolute Gasteiger partial charge is 0.332 e. The molecule has 2 unspecified atom stereocenters. The van der Waals surface area contributed by atoms with E-state index in [1.807, 2.05) is 16.7 Å². The minimum Gasteiger partial charge on any atom is -0.479 e. The van der Waals surface area contributed by atoms with Crippen molar-refractivity contribution in [3.8, 4) is 5.69 Å². The number of carboxylic acids is 1. The zero-order chi connectivity index (χ0) is 22.6. The number of halogens is 2. The Balaban J connectivity index is 1.78. The van der Waals surface area contributed by atoms with Gasteiger partial charge in [-0.1, -0.05) is 13.8 Å². The monoisotopic (exact) mass is 439 g/mol. The summed E-state index contributed by atoms with van der Waals surface area (Å²) in [6.07, 6.45) is 2.01. The number of hydrogen-bond acceptors (Lipinski definition) is 3. The van der Waals surface area contributed by atoms with E-state index < -0.39 is 23.7 Å². The Hall–Kier alpha value is -3.26. The molecule has 0 radical (unpaired) electrons. The summed E-state index contributed by atoms with van der Waals surface area (Å²) >= 11 is 0. The molecule has 4 aromatic rings. The highest BCUT2D eigenvalue weighted by atomic mass is 19.2. The first-order chi connectivity index (χ1) is 15.3. The predicted octanol–water partition coefficient (Wildman–Crippen LogP) is 5.26. The molecular formula is C24H23F2N3O3. The van der Waals surface area contributed by atoms with Gasteiger partial charge in [-0.25, -0.2) is 13.6 Å². The summed E-state index contributed by atoms with van der Waals surface area (Å²) in [5.41, 5.74) is 4.31. The molecule has 6 nitrogen and oxygen atoms in total. The second kappa shape index (κ2) is 7.70. The molecule has 0 amide bonds. The molecule has 3 heterocycles. The molecule has 1 aliphatic rings. The number of rotatable bonds is 4. The number of fused-ring (bicyclic) bond motifs is 2. The molecule has 2 aromatic carbocycles. The van der Waals surface area contributed by atoms with Gasteiger partial charge in [-0.3, -0.25) is 5.10 Å². The third-order valence-electron chi connectivity index (χ3n) is 6.27. The minimum atomic E-state index is -0.948. The Labute approximate surface area is 182 Å². The van der Waals surface area contributed by atoms with Crippen LogP contribution in [0.1, 0.15) is 49.8 Å². The van der Waals surface area contributed by atoms with Crippen LogP contribution in [0.2, 0.25) is 0 Å². The van der Waals surface area contributed by atoms with E-state index in [0.29, 0.717) is 18.5 Å². The normalized spacial score (nSPS) is 19.3. The van der Waals surface area contributed by atoms with Crippen molar-refractivity contribution in [2.75, 3.05) is 6.61 Å². The van der Waals surface area contributed by atoms with Crippen molar-refractivity contribution in [3.05, 3.63) is 59.4 Å². The number of aromatic amines is 1. The summed E-state index contributed by atoms with van der Waals surface area (Å²) in [5, 5.41) is 18.3. The molecule has 2 aromatic heterocycles. The average Bonchev–Trinajstić information content (AvgIpc) is 3.36. The van der Waals surface area contributed by atoms with Gasteiger partial charge in [-0.05, 0) is 48.6 Å². The van der Waals surface area contributed by atoms with Crippen LogP contribution in [0, 0.1) is 11.6 Å². The van der Waals surface area contributed by atoms with Crippen LogP contribution in [0.15, 0.2) is 36.5 Å². The Kier molecular flexibility index (Phi) is 4.97. The maximum absolute atomic E-state index is 14.2. The first kappa shape index (κ1) is 20.6. The van der Waals surface area contributed by atoms with Crippen LogP contribution >= 0.6 is 0 Å². The van der Waals surface area contributed by atoms with Crippen molar-refractivity contribution >= 4 is 27.8 Å². The first-order valence-corrected chi connectivity index (χ1v) is 10.7. The number of nitrogens with one attached hydrogen (secondary N) is 1. The number of hydrogen-bond donors (Lipinski definition) is 2. The first-order valence-electron chi connectivity index (χ1n) is 10.7. The summed E-state index contributed by atoms with van der Waals surface area (Å²) in [5.74, 6) is -2.70. The quantitative estimate of drug-likeness (QED) is 0.455. The van der Waals surface area contributed by atoms with E-state index in [4.69, 9.17) is 4.74 Å². The Morgan fingerprint density at radius 3 is 2.69 bits per heavy atom. The molecule has 2 atom stereocenters. The number of nitrogens with zero attached hydrogens (tertiary/aromatic N) is 2. The van der Waals surface area contributed by atoms with Gasteiger partial charge in [0.2, 0.25) is 0 Å². The van der Waals surface area contributed by atoms with E-state index in [-0.39, 0.29) is 18.4 Å². The number of H-pyrrole nitrogens is 1. The summed E-state index contributed by atoms with van der Waals surface area (Å²) in [4.78, 5) is 11.3. The van der Waals surface area contributed by atoms with Crippen molar-refractivity contribution in [2.24, 2.45) is 0 Å². The highest BCUT2D eigenvalue weighted by Gasteiger charge is 2.33. The molecular weight excluding hydrogens is 416 g/mol. The fraction of sp³-hybridized carbons (Fsp3) is 0.333. The van der Waals surface area contributed by atoms with Gasteiger partial charge in [0.05, 0.1) is 23.8 Å². The molecule has 1 aliphatic heterocycles. The van der Waals surface area contributed by atoms with Crippen molar-refractivity contribution in [3.63, 3.8) is 0 Å². The zero-order valence-electron chi connectivity index (χ0n) is 17.7. The number of benzene rings is 2. The van der Waals surface area contributed by atoms with Gasteiger partial charge in [0.25, 0.3) is 0 Å². The van der Waals surface area contributed by atoms with Crippen molar-refractivity contribution in [1.82, 2.24) is 14.8 Å². The van der Waals surface area contributed by atoms with Gasteiger partial charge in [0, 0.05) is 34.1 Å². The molecule has 0 aliphatic carbocycles. The Morgan fingerprint density at radius 2 is 2.03 bits per heavy atom. The highest BCUT2D eigenvalue weighted by Crippen LogP contribution is 2.42. The van der Waals surface area contributed by atoms with Crippen molar-refractivity contribution in [1.29, 1.82) is 0 Å². The molecule has 2 N–H and O–H groups in total. The molecule has 0 spiro atoms. The van der Waals surface area contributed by atoms with Crippen LogP contribution < -0.4 is 0 Å². The minimum absolute atomic E-state index is 0.0163. The largest absolute Gasteiger partial charge is 0.479 e. The van der Waals surface area contributed by atoms with Gasteiger partial charge in [0.15, 0.2) is 17.7 Å². The number of carboxylic acid groups (broad SMARTS) is 1. The summed E-state index contributed by atoms with van der Waals surface area (Å²) in [6, 6.07) is 7.94. The molecule has 1 fully saturated rings. The fourth-order valence-corrected chi connectivity index (χ4v) is 4.84. The van der Waals surface area contributed by atoms with Gasteiger partial charge in [-0.15, -0.1) is 0 Å². The molecule has 32 heavy (non-hydrogen) atoms. The lowest BCUT2D eigenvalue weighted by molar-refractivity contribution is -0.153. The van der Waals surface area contributed by atoms with E-state index in [0.717, 1.165) is 39.1 Å². The number of carbonyl (C=O) groups is 1. The van der Waals surface area contributed by atoms with Gasteiger partial charge in [-0.2, -0.15) is 5.10 Å². The molecule has 166 valence electrons. The third-order valence-corrected chi connectivity index (χ3v) is 6.27. The standard InChI is InChI=1S/C24H23F2N3O3/c1-12(2)23-22(13-3-6-21(24(30)31)32-11-13)16-9-19-14(10-27-28-19)7-20(16)29(23)15-4-5-17(25)18(26)8-15/h4-5,7-10,12-13,21H,3,6,11H2,1-2H3,(H,27,28)(H,30,31). The number of ether oxygens (including phenoxy) is 1. The molecule has 0 bridgehead atoms. The van der Waals surface area contributed by atoms with Crippen LogP contribution in [0.4, 0.5) is 8.78 Å². The molecule has 5 rings (SSSR count). The van der Waals surface area contributed by atoms with Gasteiger partial charge >= 0.3 is 5.97 Å². The van der Waals surface area contributed by atoms with Crippen molar-refractivity contribution in [2.45, 2.75) is 44.6 Å². The van der Waals surface area contributed by atoms with Crippen LogP contribution in [-0.2, 0) is 9.53 Å². The average molecular weight is 439 g/mol. The van der Waals surface area contributed by atoms with E-state index in [1.54, 1.807) is 12.3 Å². The topological polar surface area (TPSA) is 80.1 Å². The lowest BCUT2D eigenvalue weighted by atomic mass is 9.87. The summed E-state index contributed by atoms with van der Waals surface area (Å²) < 4.78 is 35.5. The maximum atomic E-state index is 14.2. The number of aromatic nitrogens is 3. The SMILES string of the molecule is CC(C)c1c(C2CCC(C(=O)O)OC2)c2cc3[nH]ncc3cc2n1-c1ccc(F)c(F)c1. The van der Waals surface area contributed by atoms with Crippen molar-refractivity contribution < 1.29 is 23.4 Å². The lowest BCUT2D eigenvalue weighted by Crippen LogP contribution is -2.31. The van der Waals surface area contributed by atoms with E-state index in [1.165, 1.54) is 6.07 Å². The van der Waals surface area contributed by atoms with Gasteiger partial charge in [0.1, 0.15) is 0 Å².